The van der Waals surface area contributed by atoms with E-state index in [-0.39, 0.29) is 13.2 Å². The lowest BCUT2D eigenvalue weighted by molar-refractivity contribution is 0.114. The van der Waals surface area contributed by atoms with Gasteiger partial charge in [0.25, 0.3) is 0 Å². The molecule has 0 amide bonds. The average Bonchev–Trinajstić information content (AvgIpc) is 3.18. The summed E-state index contributed by atoms with van der Waals surface area (Å²) in [5.41, 5.74) is 4.67. The average molecular weight is 487 g/mol. The molecule has 0 spiro atoms. The number of hydrogen-bond acceptors (Lipinski definition) is 6. The topological polar surface area (TPSA) is 82.3 Å². The molecule has 0 unspecified atom stereocenters. The molecule has 4 aromatic heterocycles. The molecule has 1 fully saturated rings. The van der Waals surface area contributed by atoms with Gasteiger partial charge in [-0.1, -0.05) is 12.1 Å². The van der Waals surface area contributed by atoms with E-state index in [0.29, 0.717) is 11.9 Å². The van der Waals surface area contributed by atoms with Crippen LogP contribution >= 0.6 is 0 Å². The van der Waals surface area contributed by atoms with Gasteiger partial charge >= 0.3 is 0 Å². The number of aliphatic hydroxyl groups is 1. The molecule has 0 radical (unpaired) electrons. The third-order valence-corrected chi connectivity index (χ3v) is 6.28. The summed E-state index contributed by atoms with van der Waals surface area (Å²) in [6.07, 6.45) is 10.9. The van der Waals surface area contributed by atoms with Gasteiger partial charge in [0.2, 0.25) is 11.8 Å². The van der Waals surface area contributed by atoms with Gasteiger partial charge in [-0.15, -0.1) is 0 Å². The van der Waals surface area contributed by atoms with Crippen molar-refractivity contribution in [1.82, 2.24) is 19.5 Å². The zero-order chi connectivity index (χ0) is 24.9. The molecule has 0 saturated heterocycles. The number of aryl methyl sites for hydroxylation is 1. The summed E-state index contributed by atoms with van der Waals surface area (Å²) in [5.74, 6) is 0.645. The van der Waals surface area contributed by atoms with Crippen molar-refractivity contribution >= 4 is 21.8 Å². The van der Waals surface area contributed by atoms with E-state index in [1.807, 2.05) is 24.7 Å². The summed E-state index contributed by atoms with van der Waals surface area (Å²) in [6.45, 7) is 0.144. The van der Waals surface area contributed by atoms with E-state index in [4.69, 9.17) is 14.6 Å². The lowest BCUT2D eigenvalue weighted by Crippen LogP contribution is -2.24. The number of halogens is 1. The van der Waals surface area contributed by atoms with Crippen molar-refractivity contribution < 1.29 is 19.0 Å². The number of fused-ring (bicyclic) bond motifs is 3. The first kappa shape index (κ1) is 23.7. The van der Waals surface area contributed by atoms with Gasteiger partial charge in [-0.05, 0) is 55.2 Å². The molecule has 184 valence electrons. The summed E-state index contributed by atoms with van der Waals surface area (Å²) in [5, 5.41) is 10.8. The van der Waals surface area contributed by atoms with E-state index in [1.54, 1.807) is 0 Å². The standard InChI is InChI=1S/C21H19N3O.C7H8FNO2/c1-24-19-9-10-22-13-18(19)17-7-5-14(11-20(17)24)15-6-8-21(23-12-15)25-16-3-2-4-16;8-7-2-1-6(5-9-7)11-4-3-10/h5-13,16H,2-4H2,1H3;1-2,5,10H,3-4H2. The lowest BCUT2D eigenvalue weighted by Gasteiger charge is -2.25. The zero-order valence-electron chi connectivity index (χ0n) is 20.0. The van der Waals surface area contributed by atoms with E-state index in [2.05, 4.69) is 56.9 Å². The summed E-state index contributed by atoms with van der Waals surface area (Å²) >= 11 is 0. The maximum absolute atomic E-state index is 12.2. The van der Waals surface area contributed by atoms with E-state index >= 15 is 0 Å². The van der Waals surface area contributed by atoms with E-state index < -0.39 is 5.95 Å². The summed E-state index contributed by atoms with van der Waals surface area (Å²) in [4.78, 5) is 12.1. The third-order valence-electron chi connectivity index (χ3n) is 6.28. The number of benzene rings is 1. The molecule has 4 heterocycles. The maximum atomic E-state index is 12.2. The number of nitrogens with zero attached hydrogens (tertiary/aromatic N) is 4. The Balaban J connectivity index is 0.000000205. The quantitative estimate of drug-likeness (QED) is 0.328. The fourth-order valence-corrected chi connectivity index (χ4v) is 4.12. The van der Waals surface area contributed by atoms with Gasteiger partial charge in [0.1, 0.15) is 18.5 Å². The second kappa shape index (κ2) is 10.7. The fourth-order valence-electron chi connectivity index (χ4n) is 4.12. The summed E-state index contributed by atoms with van der Waals surface area (Å²) in [6, 6.07) is 15.3. The van der Waals surface area contributed by atoms with Gasteiger partial charge in [0.05, 0.1) is 18.3 Å². The van der Waals surface area contributed by atoms with Crippen molar-refractivity contribution in [3.63, 3.8) is 0 Å². The van der Waals surface area contributed by atoms with Gasteiger partial charge in [-0.2, -0.15) is 4.39 Å². The van der Waals surface area contributed by atoms with E-state index in [9.17, 15) is 4.39 Å². The van der Waals surface area contributed by atoms with Crippen molar-refractivity contribution in [1.29, 1.82) is 0 Å². The number of hydrogen-bond donors (Lipinski definition) is 1. The first-order chi connectivity index (χ1) is 17.6. The highest BCUT2D eigenvalue weighted by Crippen LogP contribution is 2.31. The zero-order valence-corrected chi connectivity index (χ0v) is 20.0. The molecule has 36 heavy (non-hydrogen) atoms. The van der Waals surface area contributed by atoms with Crippen molar-refractivity contribution in [3.8, 4) is 22.8 Å². The fraction of sp³-hybridized carbons (Fsp3) is 0.250. The first-order valence-corrected chi connectivity index (χ1v) is 11.9. The second-order valence-corrected chi connectivity index (χ2v) is 8.63. The predicted octanol–water partition coefficient (Wildman–Crippen LogP) is 5.31. The minimum Gasteiger partial charge on any atom is -0.490 e. The molecule has 7 nitrogen and oxygen atoms in total. The normalized spacial score (nSPS) is 13.2. The van der Waals surface area contributed by atoms with Crippen LogP contribution in [0.5, 0.6) is 11.6 Å². The van der Waals surface area contributed by atoms with Crippen LogP contribution in [-0.2, 0) is 7.05 Å². The molecule has 1 aliphatic carbocycles. The Labute approximate surface area is 208 Å². The van der Waals surface area contributed by atoms with Crippen molar-refractivity contribution in [3.05, 3.63) is 79.3 Å². The van der Waals surface area contributed by atoms with Gasteiger partial charge in [-0.25, -0.2) is 9.97 Å². The number of pyridine rings is 3. The van der Waals surface area contributed by atoms with Crippen LogP contribution in [0.25, 0.3) is 32.9 Å². The summed E-state index contributed by atoms with van der Waals surface area (Å²) < 4.78 is 25.2. The Morgan fingerprint density at radius 3 is 2.50 bits per heavy atom. The van der Waals surface area contributed by atoms with Crippen LogP contribution < -0.4 is 9.47 Å². The highest BCUT2D eigenvalue weighted by Gasteiger charge is 2.19. The van der Waals surface area contributed by atoms with Gasteiger partial charge in [0.15, 0.2) is 0 Å². The van der Waals surface area contributed by atoms with Crippen LogP contribution in [0.2, 0.25) is 0 Å². The first-order valence-electron chi connectivity index (χ1n) is 11.9. The Morgan fingerprint density at radius 2 is 1.81 bits per heavy atom. The monoisotopic (exact) mass is 486 g/mol. The van der Waals surface area contributed by atoms with Crippen LogP contribution in [0.3, 0.4) is 0 Å². The van der Waals surface area contributed by atoms with Gasteiger partial charge in [-0.3, -0.25) is 4.98 Å². The molecule has 0 aliphatic heterocycles. The lowest BCUT2D eigenvalue weighted by atomic mass is 9.96. The molecule has 5 aromatic rings. The Hall–Kier alpha value is -4.04. The summed E-state index contributed by atoms with van der Waals surface area (Å²) in [7, 11) is 2.10. The van der Waals surface area contributed by atoms with Crippen LogP contribution in [0.4, 0.5) is 4.39 Å². The third kappa shape index (κ3) is 5.13. The van der Waals surface area contributed by atoms with Crippen molar-refractivity contribution in [2.45, 2.75) is 25.4 Å². The van der Waals surface area contributed by atoms with Crippen molar-refractivity contribution in [2.24, 2.45) is 7.05 Å². The molecule has 8 heteroatoms. The van der Waals surface area contributed by atoms with Crippen molar-refractivity contribution in [2.75, 3.05) is 13.2 Å². The maximum Gasteiger partial charge on any atom is 0.213 e. The van der Waals surface area contributed by atoms with Crippen LogP contribution in [0, 0.1) is 5.95 Å². The molecule has 1 aliphatic rings. The Bertz CT molecular complexity index is 1450. The predicted molar refractivity (Wildman–Crippen MR) is 136 cm³/mol. The highest BCUT2D eigenvalue weighted by molar-refractivity contribution is 6.08. The number of aromatic nitrogens is 4. The Morgan fingerprint density at radius 1 is 0.944 bits per heavy atom. The molecule has 1 saturated carbocycles. The van der Waals surface area contributed by atoms with Crippen LogP contribution in [0.1, 0.15) is 19.3 Å². The van der Waals surface area contributed by atoms with E-state index in [1.165, 1.54) is 46.6 Å². The molecule has 0 atom stereocenters. The smallest absolute Gasteiger partial charge is 0.213 e. The minimum absolute atomic E-state index is 0.0582. The molecule has 0 bridgehead atoms. The number of ether oxygens (including phenoxy) is 2. The number of aliphatic hydroxyl groups excluding tert-OH is 1. The largest absolute Gasteiger partial charge is 0.490 e. The SMILES string of the molecule is Cn1c2ccncc2c2ccc(-c3ccc(OC4CCC4)nc3)cc21.OCCOc1ccc(F)nc1. The number of rotatable bonds is 6. The second-order valence-electron chi connectivity index (χ2n) is 8.63. The molecular formula is C28H27FN4O3. The minimum atomic E-state index is -0.540. The van der Waals surface area contributed by atoms with Gasteiger partial charge in [0, 0.05) is 53.6 Å². The molecular weight excluding hydrogens is 459 g/mol. The molecule has 1 aromatic carbocycles. The highest BCUT2D eigenvalue weighted by atomic mass is 19.1. The van der Waals surface area contributed by atoms with Crippen LogP contribution in [0.15, 0.2) is 73.3 Å². The molecule has 1 N–H and O–H groups in total. The molecule has 6 rings (SSSR count). The Kier molecular flexibility index (Phi) is 7.04. The van der Waals surface area contributed by atoms with Crippen LogP contribution in [-0.4, -0.2) is 43.9 Å². The van der Waals surface area contributed by atoms with E-state index in [0.717, 1.165) is 29.8 Å². The van der Waals surface area contributed by atoms with Gasteiger partial charge < -0.3 is 19.1 Å².